The van der Waals surface area contributed by atoms with Crippen molar-refractivity contribution in [3.05, 3.63) is 153 Å². The molecule has 0 bridgehead atoms. The van der Waals surface area contributed by atoms with Crippen molar-refractivity contribution in [2.24, 2.45) is 0 Å². The van der Waals surface area contributed by atoms with Crippen LogP contribution in [0.15, 0.2) is 97.1 Å². The van der Waals surface area contributed by atoms with Crippen molar-refractivity contribution >= 4 is 86.2 Å². The van der Waals surface area contributed by atoms with E-state index in [9.17, 15) is 0 Å². The van der Waals surface area contributed by atoms with E-state index >= 15 is 0 Å². The van der Waals surface area contributed by atoms with Crippen LogP contribution in [-0.4, -0.2) is 0 Å². The number of rotatable bonds is 2. The predicted molar refractivity (Wildman–Crippen MR) is 275 cm³/mol. The summed E-state index contributed by atoms with van der Waals surface area (Å²) in [5.74, 6) is 0. The van der Waals surface area contributed by atoms with E-state index in [2.05, 4.69) is 194 Å². The summed E-state index contributed by atoms with van der Waals surface area (Å²) in [6.07, 6.45) is 0. The number of hydrogen-bond acceptors (Lipinski definition) is 0. The number of benzene rings is 9. The summed E-state index contributed by atoms with van der Waals surface area (Å²) in [6, 6.07) is 39.4. The van der Waals surface area contributed by atoms with Gasteiger partial charge in [0.05, 0.1) is 0 Å². The zero-order valence-corrected chi connectivity index (χ0v) is 39.2. The molecular formula is C62H58. The van der Waals surface area contributed by atoms with Gasteiger partial charge in [-0.05, 0) is 279 Å². The van der Waals surface area contributed by atoms with Crippen molar-refractivity contribution < 1.29 is 0 Å². The maximum Gasteiger partial charge on any atom is -0.00197 e. The zero-order valence-electron chi connectivity index (χ0n) is 39.2. The second-order valence-corrected chi connectivity index (χ2v) is 21.3. The third-order valence-corrected chi connectivity index (χ3v) is 15.5. The van der Waals surface area contributed by atoms with Gasteiger partial charge in [-0.25, -0.2) is 0 Å². The molecule has 0 N–H and O–H groups in total. The standard InChI is InChI=1S/C62H58/c1-31-21-32(2)36(6)57(35(31)5)39-15-17-43-47(23-39)53-27-41(61(9,10)11)25-51-45-19-20-46-50(49(45)29-55(43)59(51)53)30-56-44-18-16-40(58-37(7)33(3)22-34(4)38(58)8)24-48(44)54-28-42(62(12,13)14)26-52(46)60(54)56/h15-30H,1-14H3. The van der Waals surface area contributed by atoms with E-state index < -0.39 is 0 Å². The van der Waals surface area contributed by atoms with Crippen LogP contribution < -0.4 is 0 Å². The molecule has 0 spiro atoms. The largest absolute Gasteiger partial charge is 0.0561 e. The van der Waals surface area contributed by atoms with Gasteiger partial charge in [-0.15, -0.1) is 0 Å². The topological polar surface area (TPSA) is 0 Å². The fraction of sp³-hybridized carbons (Fsp3) is 0.258. The Balaban J connectivity index is 1.28. The molecule has 0 aliphatic rings. The van der Waals surface area contributed by atoms with E-state index in [0.717, 1.165) is 0 Å². The number of aryl methyl sites for hydroxylation is 4. The molecule has 0 nitrogen and oxygen atoms in total. The average molecular weight is 803 g/mol. The molecular weight excluding hydrogens is 745 g/mol. The lowest BCUT2D eigenvalue weighted by Gasteiger charge is -2.21. The van der Waals surface area contributed by atoms with E-state index in [1.165, 1.54) is 164 Å². The molecule has 0 heterocycles. The van der Waals surface area contributed by atoms with Crippen LogP contribution in [0.4, 0.5) is 0 Å². The Morgan fingerprint density at radius 3 is 0.823 bits per heavy atom. The van der Waals surface area contributed by atoms with Gasteiger partial charge in [0, 0.05) is 0 Å². The molecule has 11 rings (SSSR count). The van der Waals surface area contributed by atoms with Crippen molar-refractivity contribution in [1.82, 2.24) is 0 Å². The third-order valence-electron chi connectivity index (χ3n) is 15.5. The van der Waals surface area contributed by atoms with E-state index in [0.29, 0.717) is 0 Å². The molecule has 11 aromatic carbocycles. The summed E-state index contributed by atoms with van der Waals surface area (Å²) >= 11 is 0. The van der Waals surface area contributed by atoms with Gasteiger partial charge in [0.25, 0.3) is 0 Å². The van der Waals surface area contributed by atoms with Gasteiger partial charge < -0.3 is 0 Å². The van der Waals surface area contributed by atoms with Gasteiger partial charge in [-0.2, -0.15) is 0 Å². The monoisotopic (exact) mass is 802 g/mol. The lowest BCUT2D eigenvalue weighted by atomic mass is 9.83. The van der Waals surface area contributed by atoms with Gasteiger partial charge >= 0.3 is 0 Å². The SMILES string of the molecule is Cc1cc(C)c(C)c(-c2ccc3c(c2)c2cc(C(C)(C)C)cc4c5ccc6c(cc7c8ccc(-c9c(C)c(C)cc(C)c9C)cc8c8cc(C(C)(C)C)cc6c87)c5cc3c42)c1C. The Kier molecular flexibility index (Phi) is 8.03. The maximum absolute atomic E-state index is 2.55. The van der Waals surface area contributed by atoms with Crippen LogP contribution in [0, 0.1) is 55.4 Å². The van der Waals surface area contributed by atoms with Crippen molar-refractivity contribution in [3.63, 3.8) is 0 Å². The first-order chi connectivity index (χ1) is 29.3. The molecule has 0 amide bonds. The number of hydrogen-bond donors (Lipinski definition) is 0. The van der Waals surface area contributed by atoms with Crippen LogP contribution in [0.5, 0.6) is 0 Å². The number of fused-ring (bicyclic) bond motifs is 11. The van der Waals surface area contributed by atoms with Crippen molar-refractivity contribution in [1.29, 1.82) is 0 Å². The predicted octanol–water partition coefficient (Wildman–Crippen LogP) is 18.2. The lowest BCUT2D eigenvalue weighted by molar-refractivity contribution is 0.591. The first-order valence-corrected chi connectivity index (χ1v) is 22.8. The summed E-state index contributed by atoms with van der Waals surface area (Å²) in [7, 11) is 0. The molecule has 0 aliphatic carbocycles. The molecule has 62 heavy (non-hydrogen) atoms. The van der Waals surface area contributed by atoms with Crippen LogP contribution in [0.3, 0.4) is 0 Å². The highest BCUT2D eigenvalue weighted by molar-refractivity contribution is 6.40. The molecule has 0 radical (unpaired) electrons. The Bertz CT molecular complexity index is 3460. The normalized spacial score (nSPS) is 13.0. The molecule has 0 atom stereocenters. The van der Waals surface area contributed by atoms with Crippen LogP contribution in [0.25, 0.3) is 108 Å². The minimum atomic E-state index is -0.0102. The summed E-state index contributed by atoms with van der Waals surface area (Å²) in [5, 5.41) is 21.7. The fourth-order valence-corrected chi connectivity index (χ4v) is 11.5. The summed E-state index contributed by atoms with van der Waals surface area (Å²) < 4.78 is 0. The summed E-state index contributed by atoms with van der Waals surface area (Å²) in [4.78, 5) is 0. The van der Waals surface area contributed by atoms with Gasteiger partial charge in [0.1, 0.15) is 0 Å². The van der Waals surface area contributed by atoms with E-state index in [-0.39, 0.29) is 10.8 Å². The first kappa shape index (κ1) is 38.9. The Labute approximate surface area is 367 Å². The van der Waals surface area contributed by atoms with Gasteiger partial charge in [-0.3, -0.25) is 0 Å². The Morgan fingerprint density at radius 2 is 0.516 bits per heavy atom. The molecule has 0 aliphatic heterocycles. The average Bonchev–Trinajstić information content (AvgIpc) is 3.71. The third kappa shape index (κ3) is 5.32. The van der Waals surface area contributed by atoms with Crippen LogP contribution in [-0.2, 0) is 10.8 Å². The molecule has 306 valence electrons. The maximum atomic E-state index is 2.55. The quantitative estimate of drug-likeness (QED) is 0.153. The highest BCUT2D eigenvalue weighted by Gasteiger charge is 2.25. The second kappa shape index (κ2) is 12.8. The van der Waals surface area contributed by atoms with Crippen molar-refractivity contribution in [3.8, 4) is 22.3 Å². The smallest absolute Gasteiger partial charge is 0.00197 e. The van der Waals surface area contributed by atoms with Crippen LogP contribution >= 0.6 is 0 Å². The van der Waals surface area contributed by atoms with Crippen LogP contribution in [0.2, 0.25) is 0 Å². The molecule has 0 unspecified atom stereocenters. The minimum Gasteiger partial charge on any atom is -0.0561 e. The van der Waals surface area contributed by atoms with Gasteiger partial charge in [0.2, 0.25) is 0 Å². The molecule has 11 aromatic rings. The Hall–Kier alpha value is -5.98. The lowest BCUT2D eigenvalue weighted by Crippen LogP contribution is -2.10. The minimum absolute atomic E-state index is 0.0102. The second-order valence-electron chi connectivity index (χ2n) is 21.3. The van der Waals surface area contributed by atoms with Crippen molar-refractivity contribution in [2.45, 2.75) is 108 Å². The van der Waals surface area contributed by atoms with Crippen molar-refractivity contribution in [2.75, 3.05) is 0 Å². The highest BCUT2D eigenvalue weighted by atomic mass is 14.3. The van der Waals surface area contributed by atoms with E-state index in [1.807, 2.05) is 0 Å². The van der Waals surface area contributed by atoms with Crippen LogP contribution in [0.1, 0.15) is 97.2 Å². The highest BCUT2D eigenvalue weighted by Crippen LogP contribution is 2.50. The summed E-state index contributed by atoms with van der Waals surface area (Å²) in [5.41, 5.74) is 19.1. The van der Waals surface area contributed by atoms with Gasteiger partial charge in [0.15, 0.2) is 0 Å². The van der Waals surface area contributed by atoms with E-state index in [4.69, 9.17) is 0 Å². The first-order valence-electron chi connectivity index (χ1n) is 22.8. The molecule has 0 saturated heterocycles. The molecule has 0 fully saturated rings. The Morgan fingerprint density at radius 1 is 0.258 bits per heavy atom. The summed E-state index contributed by atoms with van der Waals surface area (Å²) in [6.45, 7) is 32.4. The zero-order chi connectivity index (χ0) is 43.6. The molecule has 0 aromatic heterocycles. The molecule has 0 saturated carbocycles. The fourth-order valence-electron chi connectivity index (χ4n) is 11.5. The van der Waals surface area contributed by atoms with E-state index in [1.54, 1.807) is 0 Å². The van der Waals surface area contributed by atoms with Gasteiger partial charge in [-0.1, -0.05) is 90.1 Å². The molecule has 0 heteroatoms.